The number of hydrogen-bond donors (Lipinski definition) is 2. The lowest BCUT2D eigenvalue weighted by molar-refractivity contribution is 0.480. The lowest BCUT2D eigenvalue weighted by Crippen LogP contribution is -2.13. The number of para-hydroxylation sites is 2. The Balaban J connectivity index is 1.01. The van der Waals surface area contributed by atoms with E-state index >= 15 is 0 Å². The van der Waals surface area contributed by atoms with E-state index in [0.29, 0.717) is 29.4 Å². The minimum atomic E-state index is 0.241. The Kier molecular flexibility index (Phi) is 14.4. The first kappa shape index (κ1) is 55.5. The van der Waals surface area contributed by atoms with Crippen LogP contribution in [0.15, 0.2) is 211 Å². The van der Waals surface area contributed by atoms with Crippen LogP contribution in [-0.4, -0.2) is 5.11 Å². The topological polar surface area (TPSA) is 48.6 Å². The molecule has 0 bridgehead atoms. The molecule has 4 heteroatoms. The van der Waals surface area contributed by atoms with Crippen LogP contribution in [0, 0.1) is 0 Å². The number of anilines is 5. The Hall–Kier alpha value is -9.12. The van der Waals surface area contributed by atoms with Crippen LogP contribution in [0.1, 0.15) is 150 Å². The summed E-state index contributed by atoms with van der Waals surface area (Å²) in [5.41, 5.74) is 23.4. The second kappa shape index (κ2) is 22.9. The fourth-order valence-electron chi connectivity index (χ4n) is 15.7. The van der Waals surface area contributed by atoms with Crippen molar-refractivity contribution in [3.63, 3.8) is 0 Å². The van der Waals surface area contributed by atoms with E-state index in [0.717, 1.165) is 98.1 Å². The minimum absolute atomic E-state index is 0.241. The zero-order valence-electron chi connectivity index (χ0n) is 51.8. The summed E-state index contributed by atoms with van der Waals surface area (Å²) >= 11 is 0. The third kappa shape index (κ3) is 9.50. The fraction of sp³-hybridized carbons (Fsp3) is 0.238. The van der Waals surface area contributed by atoms with E-state index in [9.17, 15) is 5.11 Å². The van der Waals surface area contributed by atoms with E-state index < -0.39 is 0 Å². The highest BCUT2D eigenvalue weighted by atomic mass is 16.3. The molecule has 2 aliphatic rings. The first-order chi connectivity index (χ1) is 43.1. The molecule has 0 spiro atoms. The SMILES string of the molecule is CCc1cccc(Nc2c(-c3cc4c(C5CCCC5)cc(N(c5cccc(CC)c5)c5cccc6c5oc5c(-c7ccccc7C(C)C)cccc56)c5ccc6c(C7CCCC7)ccc3c6c45)ccc(-c3cccc(-c4ccccc4C(C)C)c3)c2O)c1. The Morgan fingerprint density at radius 2 is 1.01 bits per heavy atom. The average molecular weight is 1150 g/mol. The van der Waals surface area contributed by atoms with E-state index in [1.807, 2.05) is 0 Å². The molecule has 2 saturated carbocycles. The number of furan rings is 1. The van der Waals surface area contributed by atoms with E-state index in [1.54, 1.807) is 0 Å². The average Bonchev–Trinajstić information content (AvgIpc) is 0.832. The highest BCUT2D eigenvalue weighted by molar-refractivity contribution is 6.30. The number of hydrogen-bond acceptors (Lipinski definition) is 4. The summed E-state index contributed by atoms with van der Waals surface area (Å²) in [6, 6.07) is 77.1. The van der Waals surface area contributed by atoms with Crippen LogP contribution in [-0.2, 0) is 12.8 Å². The van der Waals surface area contributed by atoms with E-state index in [2.05, 4.69) is 258 Å². The number of benzene rings is 12. The summed E-state index contributed by atoms with van der Waals surface area (Å²) in [5.74, 6) is 1.81. The summed E-state index contributed by atoms with van der Waals surface area (Å²) in [6.45, 7) is 13.6. The van der Waals surface area contributed by atoms with Crippen molar-refractivity contribution in [2.24, 2.45) is 0 Å². The van der Waals surface area contributed by atoms with Gasteiger partial charge >= 0.3 is 0 Å². The Bertz CT molecular complexity index is 4790. The minimum Gasteiger partial charge on any atom is -0.505 e. The summed E-state index contributed by atoms with van der Waals surface area (Å²) in [5, 5.41) is 27.1. The predicted molar refractivity (Wildman–Crippen MR) is 375 cm³/mol. The number of aromatic hydroxyl groups is 1. The summed E-state index contributed by atoms with van der Waals surface area (Å²) in [4.78, 5) is 2.55. The number of fused-ring (bicyclic) bond motifs is 3. The monoisotopic (exact) mass is 1150 g/mol. The van der Waals surface area contributed by atoms with Gasteiger partial charge in [0.25, 0.3) is 0 Å². The molecular weight excluding hydrogens is 1070 g/mol. The van der Waals surface area contributed by atoms with Crippen LogP contribution >= 0.6 is 0 Å². The van der Waals surface area contributed by atoms with Crippen molar-refractivity contribution >= 4 is 82.7 Å². The normalized spacial score (nSPS) is 14.1. The van der Waals surface area contributed by atoms with Gasteiger partial charge in [-0.3, -0.25) is 0 Å². The number of nitrogens with zero attached hydrogens (tertiary/aromatic N) is 1. The van der Waals surface area contributed by atoms with Crippen LogP contribution in [0.25, 0.3) is 98.8 Å². The van der Waals surface area contributed by atoms with Crippen molar-refractivity contribution in [1.29, 1.82) is 0 Å². The molecule has 1 heterocycles. The third-order valence-corrected chi connectivity index (χ3v) is 20.1. The van der Waals surface area contributed by atoms with Crippen molar-refractivity contribution in [2.45, 2.75) is 129 Å². The van der Waals surface area contributed by atoms with Gasteiger partial charge in [-0.25, -0.2) is 0 Å². The van der Waals surface area contributed by atoms with E-state index in [-0.39, 0.29) is 5.75 Å². The van der Waals surface area contributed by atoms with Gasteiger partial charge in [0, 0.05) is 44.2 Å². The number of rotatable bonds is 15. The van der Waals surface area contributed by atoms with Crippen LogP contribution in [0.4, 0.5) is 28.4 Å². The molecule has 0 amide bonds. The fourth-order valence-corrected chi connectivity index (χ4v) is 15.7. The van der Waals surface area contributed by atoms with Gasteiger partial charge in [-0.1, -0.05) is 219 Å². The molecule has 436 valence electrons. The first-order valence-corrected chi connectivity index (χ1v) is 32.8. The molecule has 13 aromatic rings. The Labute approximate surface area is 518 Å². The van der Waals surface area contributed by atoms with Gasteiger partial charge in [-0.15, -0.1) is 0 Å². The van der Waals surface area contributed by atoms with Crippen molar-refractivity contribution in [3.8, 4) is 50.3 Å². The van der Waals surface area contributed by atoms with Gasteiger partial charge in [0.05, 0.1) is 17.1 Å². The standard InChI is InChI=1S/C84H78N2O2/c1-7-53-22-17-30-59(46-53)85-81-69(44-41-65(82(81)87)58-29-19-28-57(48-58)63-34-15-13-32-61(63)51(3)4)75-49-76-74(56-26-11-12-27-56)50-78(73-45-43-67-64(55-24-9-10-25-55)40-42-68(75)79(67)80(73)76)86(60-31-18-23-54(8-2)47-60)77-39-21-38-72-71-37-20-36-70(83(71)88-84(72)77)66-35-16-14-33-62(66)52(5)6/h13-23,28-52,55-56,85,87H,7-12,24-27H2,1-6H3. The molecule has 0 atom stereocenters. The predicted octanol–water partition coefficient (Wildman–Crippen LogP) is 24.8. The molecule has 2 aliphatic carbocycles. The lowest BCUT2D eigenvalue weighted by atomic mass is 9.80. The van der Waals surface area contributed by atoms with Crippen LogP contribution < -0.4 is 10.2 Å². The quantitative estimate of drug-likeness (QED) is 0.0793. The Morgan fingerprint density at radius 3 is 1.75 bits per heavy atom. The molecule has 4 nitrogen and oxygen atoms in total. The molecular formula is C84H78N2O2. The molecule has 0 aliphatic heterocycles. The van der Waals surface area contributed by atoms with Gasteiger partial charge in [0.2, 0.25) is 0 Å². The highest BCUT2D eigenvalue weighted by Crippen LogP contribution is 2.56. The third-order valence-electron chi connectivity index (χ3n) is 20.1. The first-order valence-electron chi connectivity index (χ1n) is 32.8. The van der Waals surface area contributed by atoms with E-state index in [1.165, 1.54) is 121 Å². The summed E-state index contributed by atoms with van der Waals surface area (Å²) < 4.78 is 7.46. The molecule has 88 heavy (non-hydrogen) atoms. The lowest BCUT2D eigenvalue weighted by Gasteiger charge is -2.31. The van der Waals surface area contributed by atoms with Crippen LogP contribution in [0.5, 0.6) is 5.75 Å². The van der Waals surface area contributed by atoms with Crippen molar-refractivity contribution in [2.75, 3.05) is 10.2 Å². The number of aryl methyl sites for hydroxylation is 2. The Morgan fingerprint density at radius 1 is 0.432 bits per heavy atom. The molecule has 0 radical (unpaired) electrons. The van der Waals surface area contributed by atoms with Crippen LogP contribution in [0.2, 0.25) is 0 Å². The number of phenols is 1. The highest BCUT2D eigenvalue weighted by Gasteiger charge is 2.31. The molecule has 0 unspecified atom stereocenters. The second-order valence-electron chi connectivity index (χ2n) is 26.0. The zero-order chi connectivity index (χ0) is 59.7. The summed E-state index contributed by atoms with van der Waals surface area (Å²) in [7, 11) is 0. The van der Waals surface area contributed by atoms with Crippen molar-refractivity contribution in [3.05, 3.63) is 240 Å². The number of phenolic OH excluding ortho intramolecular Hbond substituents is 1. The van der Waals surface area contributed by atoms with Crippen molar-refractivity contribution < 1.29 is 9.52 Å². The van der Waals surface area contributed by atoms with Crippen LogP contribution in [0.3, 0.4) is 0 Å². The molecule has 15 rings (SSSR count). The second-order valence-corrected chi connectivity index (χ2v) is 26.0. The molecule has 2 N–H and O–H groups in total. The summed E-state index contributed by atoms with van der Waals surface area (Å²) in [6.07, 6.45) is 11.4. The van der Waals surface area contributed by atoms with Crippen molar-refractivity contribution in [1.82, 2.24) is 0 Å². The molecule has 1 aromatic heterocycles. The molecule has 0 saturated heterocycles. The largest absolute Gasteiger partial charge is 0.505 e. The van der Waals surface area contributed by atoms with Gasteiger partial charge in [-0.05, 0) is 205 Å². The maximum absolute atomic E-state index is 13.3. The van der Waals surface area contributed by atoms with Gasteiger partial charge in [0.1, 0.15) is 11.3 Å². The maximum atomic E-state index is 13.3. The number of nitrogens with one attached hydrogen (secondary N) is 1. The molecule has 2 fully saturated rings. The smallest absolute Gasteiger partial charge is 0.159 e. The van der Waals surface area contributed by atoms with Gasteiger partial charge in [-0.2, -0.15) is 0 Å². The molecule has 12 aromatic carbocycles. The zero-order valence-corrected chi connectivity index (χ0v) is 51.8. The van der Waals surface area contributed by atoms with Gasteiger partial charge in [0.15, 0.2) is 5.58 Å². The maximum Gasteiger partial charge on any atom is 0.159 e. The van der Waals surface area contributed by atoms with E-state index in [4.69, 9.17) is 4.42 Å². The van der Waals surface area contributed by atoms with Gasteiger partial charge < -0.3 is 19.7 Å².